The Labute approximate surface area is 153 Å². The molecule has 0 saturated carbocycles. The first kappa shape index (κ1) is 18.8. The Morgan fingerprint density at radius 2 is 2.19 bits per heavy atom. The Bertz CT molecular complexity index is 772. The fraction of sp³-hybridized carbons (Fsp3) is 0.722. The lowest BCUT2D eigenvalue weighted by Crippen LogP contribution is -2.47. The SMILES string of the molecule is CCCCOc1ncc2[nH]c(=O)n(CCCN3CC(C)OCC3C)c2n1. The lowest BCUT2D eigenvalue weighted by Gasteiger charge is -2.36. The molecule has 3 rings (SSSR count). The third-order valence-corrected chi connectivity index (χ3v) is 4.78. The highest BCUT2D eigenvalue weighted by molar-refractivity contribution is 5.69. The molecule has 0 aromatic carbocycles. The quantitative estimate of drug-likeness (QED) is 0.720. The van der Waals surface area contributed by atoms with Crippen LogP contribution < -0.4 is 10.4 Å². The monoisotopic (exact) mass is 363 g/mol. The highest BCUT2D eigenvalue weighted by atomic mass is 16.5. The highest BCUT2D eigenvalue weighted by Crippen LogP contribution is 2.14. The molecule has 144 valence electrons. The van der Waals surface area contributed by atoms with E-state index in [4.69, 9.17) is 9.47 Å². The number of fused-ring (bicyclic) bond motifs is 1. The normalized spacial score (nSPS) is 21.3. The summed E-state index contributed by atoms with van der Waals surface area (Å²) in [5.41, 5.74) is 1.11. The van der Waals surface area contributed by atoms with Gasteiger partial charge >= 0.3 is 11.7 Å². The Balaban J connectivity index is 1.65. The molecule has 2 atom stereocenters. The van der Waals surface area contributed by atoms with Crippen molar-refractivity contribution >= 4 is 11.2 Å². The van der Waals surface area contributed by atoms with Crippen molar-refractivity contribution in [1.82, 2.24) is 24.4 Å². The van der Waals surface area contributed by atoms with Crippen molar-refractivity contribution in [2.24, 2.45) is 0 Å². The van der Waals surface area contributed by atoms with Crippen molar-refractivity contribution in [2.45, 2.75) is 58.7 Å². The van der Waals surface area contributed by atoms with Crippen LogP contribution in [-0.2, 0) is 11.3 Å². The number of nitrogens with one attached hydrogen (secondary N) is 1. The topological polar surface area (TPSA) is 85.3 Å². The van der Waals surface area contributed by atoms with Gasteiger partial charge in [-0.2, -0.15) is 4.98 Å². The number of unbranched alkanes of at least 4 members (excludes halogenated alkanes) is 1. The second kappa shape index (κ2) is 8.64. The van der Waals surface area contributed by atoms with E-state index in [-0.39, 0.29) is 11.8 Å². The Morgan fingerprint density at radius 1 is 1.35 bits per heavy atom. The van der Waals surface area contributed by atoms with Gasteiger partial charge in [-0.15, -0.1) is 0 Å². The van der Waals surface area contributed by atoms with Gasteiger partial charge in [0.2, 0.25) is 0 Å². The van der Waals surface area contributed by atoms with Crippen LogP contribution in [-0.4, -0.2) is 62.9 Å². The summed E-state index contributed by atoms with van der Waals surface area (Å²) in [4.78, 5) is 26.1. The van der Waals surface area contributed by atoms with Crippen LogP contribution >= 0.6 is 0 Å². The number of aromatic amines is 1. The van der Waals surface area contributed by atoms with E-state index < -0.39 is 0 Å². The largest absolute Gasteiger partial charge is 0.463 e. The lowest BCUT2D eigenvalue weighted by molar-refractivity contribution is -0.0497. The van der Waals surface area contributed by atoms with E-state index in [1.807, 2.05) is 0 Å². The third-order valence-electron chi connectivity index (χ3n) is 4.78. The van der Waals surface area contributed by atoms with Crippen LogP contribution in [0.15, 0.2) is 11.0 Å². The van der Waals surface area contributed by atoms with E-state index in [0.29, 0.717) is 36.4 Å². The molecule has 0 radical (unpaired) electrons. The summed E-state index contributed by atoms with van der Waals surface area (Å²) in [6.45, 7) is 10.2. The maximum atomic E-state index is 12.3. The smallest absolute Gasteiger partial charge is 0.327 e. The molecule has 1 aliphatic rings. The zero-order valence-electron chi connectivity index (χ0n) is 15.9. The van der Waals surface area contributed by atoms with E-state index in [9.17, 15) is 4.79 Å². The molecule has 1 aliphatic heterocycles. The van der Waals surface area contributed by atoms with Gasteiger partial charge in [-0.3, -0.25) is 9.47 Å². The first-order chi connectivity index (χ1) is 12.6. The standard InChI is InChI=1S/C18H29N5O3/c1-4-5-9-25-17-19-10-15-16(21-17)23(18(24)20-15)8-6-7-22-11-14(3)26-12-13(22)2/h10,13-14H,4-9,11-12H2,1-3H3,(H,20,24). The average molecular weight is 363 g/mol. The number of H-pyrrole nitrogens is 1. The van der Waals surface area contributed by atoms with E-state index in [2.05, 4.69) is 40.6 Å². The van der Waals surface area contributed by atoms with Gasteiger partial charge in [0.15, 0.2) is 5.65 Å². The second-order valence-corrected chi connectivity index (χ2v) is 7.02. The number of hydrogen-bond acceptors (Lipinski definition) is 6. The summed E-state index contributed by atoms with van der Waals surface area (Å²) >= 11 is 0. The molecule has 0 spiro atoms. The minimum atomic E-state index is -0.150. The molecule has 0 aliphatic carbocycles. The minimum Gasteiger partial charge on any atom is -0.463 e. The van der Waals surface area contributed by atoms with Gasteiger partial charge < -0.3 is 14.5 Å². The minimum absolute atomic E-state index is 0.150. The van der Waals surface area contributed by atoms with Crippen molar-refractivity contribution in [3.63, 3.8) is 0 Å². The van der Waals surface area contributed by atoms with E-state index in [1.165, 1.54) is 0 Å². The molecule has 1 N–H and O–H groups in total. The van der Waals surface area contributed by atoms with Crippen molar-refractivity contribution < 1.29 is 9.47 Å². The maximum absolute atomic E-state index is 12.3. The van der Waals surface area contributed by atoms with Crippen LogP contribution in [0.5, 0.6) is 6.01 Å². The van der Waals surface area contributed by atoms with Gasteiger partial charge in [0.25, 0.3) is 0 Å². The second-order valence-electron chi connectivity index (χ2n) is 7.02. The van der Waals surface area contributed by atoms with Gasteiger partial charge in [-0.25, -0.2) is 9.78 Å². The van der Waals surface area contributed by atoms with Crippen LogP contribution in [0.1, 0.15) is 40.0 Å². The number of aryl methyl sites for hydroxylation is 1. The van der Waals surface area contributed by atoms with Crippen LogP contribution in [0.2, 0.25) is 0 Å². The molecule has 2 aromatic heterocycles. The molecule has 8 heteroatoms. The number of rotatable bonds is 8. The van der Waals surface area contributed by atoms with Crippen molar-refractivity contribution in [3.05, 3.63) is 16.7 Å². The maximum Gasteiger partial charge on any atom is 0.327 e. The molecular formula is C18H29N5O3. The van der Waals surface area contributed by atoms with Gasteiger partial charge in [0.1, 0.15) is 5.52 Å². The van der Waals surface area contributed by atoms with E-state index >= 15 is 0 Å². The number of aromatic nitrogens is 4. The zero-order chi connectivity index (χ0) is 18.5. The fourth-order valence-corrected chi connectivity index (χ4v) is 3.23. The fourth-order valence-electron chi connectivity index (χ4n) is 3.23. The van der Waals surface area contributed by atoms with Crippen LogP contribution in [0.4, 0.5) is 0 Å². The summed E-state index contributed by atoms with van der Waals surface area (Å²) < 4.78 is 12.9. The van der Waals surface area contributed by atoms with E-state index in [1.54, 1.807) is 10.8 Å². The molecule has 0 amide bonds. The molecule has 8 nitrogen and oxygen atoms in total. The van der Waals surface area contributed by atoms with E-state index in [0.717, 1.165) is 39.0 Å². The van der Waals surface area contributed by atoms with Crippen LogP contribution in [0.25, 0.3) is 11.2 Å². The molecule has 0 bridgehead atoms. The van der Waals surface area contributed by atoms with Gasteiger partial charge in [0, 0.05) is 25.7 Å². The van der Waals surface area contributed by atoms with Gasteiger partial charge in [0.05, 0.1) is 25.5 Å². The Hall–Kier alpha value is -1.93. The molecule has 26 heavy (non-hydrogen) atoms. The van der Waals surface area contributed by atoms with Crippen LogP contribution in [0.3, 0.4) is 0 Å². The van der Waals surface area contributed by atoms with Gasteiger partial charge in [-0.05, 0) is 26.7 Å². The Morgan fingerprint density at radius 3 is 3.00 bits per heavy atom. The number of imidazole rings is 1. The number of hydrogen-bond donors (Lipinski definition) is 1. The molecule has 3 heterocycles. The lowest BCUT2D eigenvalue weighted by atomic mass is 10.2. The number of nitrogens with zero attached hydrogens (tertiary/aromatic N) is 4. The molecule has 2 unspecified atom stereocenters. The van der Waals surface area contributed by atoms with Crippen molar-refractivity contribution in [1.29, 1.82) is 0 Å². The van der Waals surface area contributed by atoms with Crippen molar-refractivity contribution in [2.75, 3.05) is 26.3 Å². The molecule has 2 aromatic rings. The average Bonchev–Trinajstić information content (AvgIpc) is 2.93. The molecule has 1 saturated heterocycles. The first-order valence-corrected chi connectivity index (χ1v) is 9.52. The number of ether oxygens (including phenoxy) is 2. The van der Waals surface area contributed by atoms with Gasteiger partial charge in [-0.1, -0.05) is 13.3 Å². The third kappa shape index (κ3) is 4.42. The predicted molar refractivity (Wildman–Crippen MR) is 99.6 cm³/mol. The van der Waals surface area contributed by atoms with Crippen molar-refractivity contribution in [3.8, 4) is 6.01 Å². The summed E-state index contributed by atoms with van der Waals surface area (Å²) in [6, 6.07) is 0.737. The van der Waals surface area contributed by atoms with Crippen LogP contribution in [0, 0.1) is 0 Å². The molecular weight excluding hydrogens is 334 g/mol. The number of morpholine rings is 1. The predicted octanol–water partition coefficient (Wildman–Crippen LogP) is 1.80. The summed E-state index contributed by atoms with van der Waals surface area (Å²) in [6.07, 6.45) is 4.76. The Kier molecular flexibility index (Phi) is 6.26. The zero-order valence-corrected chi connectivity index (χ0v) is 15.9. The highest BCUT2D eigenvalue weighted by Gasteiger charge is 2.22. The summed E-state index contributed by atoms with van der Waals surface area (Å²) in [7, 11) is 0. The first-order valence-electron chi connectivity index (χ1n) is 9.52. The summed E-state index contributed by atoms with van der Waals surface area (Å²) in [5.74, 6) is 0. The summed E-state index contributed by atoms with van der Waals surface area (Å²) in [5, 5.41) is 0. The molecule has 1 fully saturated rings.